The van der Waals surface area contributed by atoms with Crippen LogP contribution in [-0.4, -0.2) is 48.5 Å². The van der Waals surface area contributed by atoms with Gasteiger partial charge in [-0.15, -0.1) is 0 Å². The molecular formula is C29H30N4O5. The number of nitrogens with zero attached hydrogens (tertiary/aromatic N) is 1. The highest BCUT2D eigenvalue weighted by molar-refractivity contribution is 6.37. The van der Waals surface area contributed by atoms with Crippen LogP contribution in [-0.2, 0) is 25.7 Å². The minimum atomic E-state index is -1.01. The van der Waals surface area contributed by atoms with Gasteiger partial charge in [0.25, 0.3) is 11.8 Å². The standard InChI is InChI=1S/C29H30N4O5/c1-20-11-9-10-16-24(20)33(29(38)23-14-7-4-8-15-23)19-26(35)32-21(2)27(36)31-18-25(34)28(37)30-17-22-12-5-3-6-13-22/h3-16,21H,17-19H2,1-2H3,(H,30,37)(H,31,36)(H,32,35). The van der Waals surface area contributed by atoms with Crippen molar-refractivity contribution < 1.29 is 24.0 Å². The number of para-hydroxylation sites is 1. The topological polar surface area (TPSA) is 125 Å². The van der Waals surface area contributed by atoms with Crippen LogP contribution < -0.4 is 20.9 Å². The van der Waals surface area contributed by atoms with Crippen molar-refractivity contribution in [3.8, 4) is 0 Å². The molecule has 4 amide bonds. The molecule has 1 unspecified atom stereocenters. The maximum atomic E-state index is 13.2. The summed E-state index contributed by atoms with van der Waals surface area (Å²) in [4.78, 5) is 64.0. The van der Waals surface area contributed by atoms with Gasteiger partial charge in [0.15, 0.2) is 0 Å². The molecule has 3 aromatic rings. The Morgan fingerprint density at radius 2 is 1.39 bits per heavy atom. The Bertz CT molecular complexity index is 1290. The summed E-state index contributed by atoms with van der Waals surface area (Å²) in [5.74, 6) is -3.20. The number of ketones is 1. The van der Waals surface area contributed by atoms with Crippen LogP contribution in [0, 0.1) is 6.92 Å². The summed E-state index contributed by atoms with van der Waals surface area (Å²) in [6.45, 7) is 2.63. The van der Waals surface area contributed by atoms with Gasteiger partial charge >= 0.3 is 0 Å². The van der Waals surface area contributed by atoms with Gasteiger partial charge in [-0.05, 0) is 43.2 Å². The Morgan fingerprint density at radius 3 is 2.05 bits per heavy atom. The molecule has 1 atom stereocenters. The number of anilines is 1. The molecule has 9 heteroatoms. The highest BCUT2D eigenvalue weighted by atomic mass is 16.2. The fourth-order valence-electron chi connectivity index (χ4n) is 3.64. The van der Waals surface area contributed by atoms with E-state index < -0.39 is 36.1 Å². The van der Waals surface area contributed by atoms with E-state index in [0.717, 1.165) is 11.1 Å². The third kappa shape index (κ3) is 7.86. The average Bonchev–Trinajstić information content (AvgIpc) is 2.94. The highest BCUT2D eigenvalue weighted by Gasteiger charge is 2.24. The lowest BCUT2D eigenvalue weighted by Gasteiger charge is -2.25. The third-order valence-electron chi connectivity index (χ3n) is 5.72. The predicted molar refractivity (Wildman–Crippen MR) is 143 cm³/mol. The van der Waals surface area contributed by atoms with Crippen molar-refractivity contribution in [3.05, 3.63) is 102 Å². The molecular weight excluding hydrogens is 484 g/mol. The van der Waals surface area contributed by atoms with Crippen LogP contribution in [0.15, 0.2) is 84.9 Å². The molecule has 0 bridgehead atoms. The van der Waals surface area contributed by atoms with Gasteiger partial charge in [-0.2, -0.15) is 0 Å². The van der Waals surface area contributed by atoms with E-state index in [4.69, 9.17) is 0 Å². The van der Waals surface area contributed by atoms with Crippen molar-refractivity contribution in [1.82, 2.24) is 16.0 Å². The van der Waals surface area contributed by atoms with Crippen LogP contribution in [0.3, 0.4) is 0 Å². The molecule has 0 aliphatic rings. The van der Waals surface area contributed by atoms with E-state index in [2.05, 4.69) is 16.0 Å². The number of amides is 4. The Labute approximate surface area is 221 Å². The number of benzene rings is 3. The van der Waals surface area contributed by atoms with Gasteiger partial charge in [-0.1, -0.05) is 66.7 Å². The Hall–Kier alpha value is -4.79. The van der Waals surface area contributed by atoms with Crippen LogP contribution in [0.2, 0.25) is 0 Å². The predicted octanol–water partition coefficient (Wildman–Crippen LogP) is 2.15. The Morgan fingerprint density at radius 1 is 0.789 bits per heavy atom. The van der Waals surface area contributed by atoms with Crippen molar-refractivity contribution in [2.45, 2.75) is 26.4 Å². The summed E-state index contributed by atoms with van der Waals surface area (Å²) in [6.07, 6.45) is 0. The van der Waals surface area contributed by atoms with Gasteiger partial charge in [-0.3, -0.25) is 28.9 Å². The lowest BCUT2D eigenvalue weighted by atomic mass is 10.1. The first-order valence-corrected chi connectivity index (χ1v) is 12.1. The van der Waals surface area contributed by atoms with Crippen LogP contribution >= 0.6 is 0 Å². The molecule has 0 aliphatic heterocycles. The Balaban J connectivity index is 1.55. The summed E-state index contributed by atoms with van der Waals surface area (Å²) in [6, 6.07) is 23.9. The number of nitrogens with one attached hydrogen (secondary N) is 3. The van der Waals surface area contributed by atoms with E-state index >= 15 is 0 Å². The smallest absolute Gasteiger partial charge is 0.289 e. The molecule has 0 aromatic heterocycles. The van der Waals surface area contributed by atoms with Crippen molar-refractivity contribution in [2.75, 3.05) is 18.0 Å². The van der Waals surface area contributed by atoms with Crippen molar-refractivity contribution in [3.63, 3.8) is 0 Å². The summed E-state index contributed by atoms with van der Waals surface area (Å²) >= 11 is 0. The van der Waals surface area contributed by atoms with Gasteiger partial charge < -0.3 is 16.0 Å². The van der Waals surface area contributed by atoms with E-state index in [1.165, 1.54) is 11.8 Å². The summed E-state index contributed by atoms with van der Waals surface area (Å²) in [5, 5.41) is 7.42. The molecule has 196 valence electrons. The average molecular weight is 515 g/mol. The summed E-state index contributed by atoms with van der Waals surface area (Å²) in [5.41, 5.74) is 2.62. The van der Waals surface area contributed by atoms with Gasteiger partial charge in [-0.25, -0.2) is 0 Å². The second-order valence-corrected chi connectivity index (χ2v) is 8.64. The van der Waals surface area contributed by atoms with Crippen molar-refractivity contribution >= 4 is 35.1 Å². The van der Waals surface area contributed by atoms with E-state index in [9.17, 15) is 24.0 Å². The summed E-state index contributed by atoms with van der Waals surface area (Å²) < 4.78 is 0. The van der Waals surface area contributed by atoms with Gasteiger partial charge in [0.1, 0.15) is 12.6 Å². The summed E-state index contributed by atoms with van der Waals surface area (Å²) in [7, 11) is 0. The van der Waals surface area contributed by atoms with Gasteiger partial charge in [0.05, 0.1) is 6.54 Å². The molecule has 0 radical (unpaired) electrons. The second kappa shape index (κ2) is 13.5. The molecule has 38 heavy (non-hydrogen) atoms. The lowest BCUT2D eigenvalue weighted by molar-refractivity contribution is -0.138. The number of carbonyl (C=O) groups excluding carboxylic acids is 5. The van der Waals surface area contributed by atoms with Crippen molar-refractivity contribution in [1.29, 1.82) is 0 Å². The minimum absolute atomic E-state index is 0.185. The van der Waals surface area contributed by atoms with Crippen molar-refractivity contribution in [2.24, 2.45) is 0 Å². The zero-order chi connectivity index (χ0) is 27.5. The monoisotopic (exact) mass is 514 g/mol. The molecule has 0 saturated carbocycles. The van der Waals surface area contributed by atoms with E-state index in [-0.39, 0.29) is 19.0 Å². The first-order valence-electron chi connectivity index (χ1n) is 12.1. The number of Topliss-reactive ketones (excluding diaryl/α,β-unsaturated/α-hetero) is 1. The lowest BCUT2D eigenvalue weighted by Crippen LogP contribution is -2.50. The number of hydrogen-bond acceptors (Lipinski definition) is 5. The second-order valence-electron chi connectivity index (χ2n) is 8.64. The number of aryl methyl sites for hydroxylation is 1. The fraction of sp³-hybridized carbons (Fsp3) is 0.207. The number of rotatable bonds is 11. The van der Waals surface area contributed by atoms with Crippen LogP contribution in [0.25, 0.3) is 0 Å². The van der Waals surface area contributed by atoms with E-state index in [1.54, 1.807) is 42.5 Å². The van der Waals surface area contributed by atoms with Crippen LogP contribution in [0.4, 0.5) is 5.69 Å². The van der Waals surface area contributed by atoms with Crippen LogP contribution in [0.5, 0.6) is 0 Å². The first kappa shape index (κ1) is 27.8. The minimum Gasteiger partial charge on any atom is -0.347 e. The largest absolute Gasteiger partial charge is 0.347 e. The van der Waals surface area contributed by atoms with Gasteiger partial charge in [0.2, 0.25) is 17.6 Å². The molecule has 0 spiro atoms. The van der Waals surface area contributed by atoms with E-state index in [0.29, 0.717) is 11.3 Å². The number of carbonyl (C=O) groups is 5. The first-order chi connectivity index (χ1) is 18.3. The molecule has 0 saturated heterocycles. The molecule has 3 rings (SSSR count). The fourth-order valence-corrected chi connectivity index (χ4v) is 3.64. The highest BCUT2D eigenvalue weighted by Crippen LogP contribution is 2.21. The van der Waals surface area contributed by atoms with Gasteiger partial charge in [0, 0.05) is 17.8 Å². The maximum Gasteiger partial charge on any atom is 0.289 e. The molecule has 0 heterocycles. The Kier molecular flexibility index (Phi) is 9.87. The molecule has 9 nitrogen and oxygen atoms in total. The van der Waals surface area contributed by atoms with E-state index in [1.807, 2.05) is 49.4 Å². The quantitative estimate of drug-likeness (QED) is 0.338. The number of hydrogen-bond donors (Lipinski definition) is 3. The zero-order valence-corrected chi connectivity index (χ0v) is 21.3. The molecule has 0 fully saturated rings. The molecule has 0 aliphatic carbocycles. The molecule has 3 N–H and O–H groups in total. The third-order valence-corrected chi connectivity index (χ3v) is 5.72. The maximum absolute atomic E-state index is 13.2. The zero-order valence-electron chi connectivity index (χ0n) is 21.3. The SMILES string of the molecule is Cc1ccccc1N(CC(=O)NC(C)C(=O)NCC(=O)C(=O)NCc1ccccc1)C(=O)c1ccccc1. The molecule has 3 aromatic carbocycles. The van der Waals surface area contributed by atoms with Crippen LogP contribution in [0.1, 0.15) is 28.4 Å². The normalized spacial score (nSPS) is 11.1.